The van der Waals surface area contributed by atoms with Crippen molar-refractivity contribution < 1.29 is 4.74 Å². The maximum atomic E-state index is 6.25. The zero-order chi connectivity index (χ0) is 13.4. The predicted molar refractivity (Wildman–Crippen MR) is 76.4 cm³/mol. The van der Waals surface area contributed by atoms with E-state index >= 15 is 0 Å². The van der Waals surface area contributed by atoms with E-state index in [0.717, 1.165) is 36.3 Å². The van der Waals surface area contributed by atoms with Crippen molar-refractivity contribution in [3.63, 3.8) is 0 Å². The van der Waals surface area contributed by atoms with Crippen LogP contribution in [0.15, 0.2) is 18.2 Å². The number of nitrogens with zero attached hydrogens (tertiary/aromatic N) is 1. The summed E-state index contributed by atoms with van der Waals surface area (Å²) in [5.41, 5.74) is 8.48. The Kier molecular flexibility index (Phi) is 3.39. The topological polar surface area (TPSA) is 63.9 Å². The number of aromatic amines is 1. The van der Waals surface area contributed by atoms with Gasteiger partial charge >= 0.3 is 0 Å². The fourth-order valence-corrected chi connectivity index (χ4v) is 2.89. The van der Waals surface area contributed by atoms with Crippen LogP contribution in [0.4, 0.5) is 5.82 Å². The zero-order valence-corrected chi connectivity index (χ0v) is 11.6. The molecule has 3 N–H and O–H groups in total. The maximum Gasteiger partial charge on any atom is 0.153 e. The molecule has 0 amide bonds. The third kappa shape index (κ3) is 2.31. The van der Waals surface area contributed by atoms with Gasteiger partial charge in [0.25, 0.3) is 0 Å². The fraction of sp³-hybridized carbons (Fsp3) is 0.308. The lowest BCUT2D eigenvalue weighted by Gasteiger charge is -2.11. The molecule has 1 fully saturated rings. The predicted octanol–water partition coefficient (Wildman–Crippen LogP) is 3.82. The van der Waals surface area contributed by atoms with Gasteiger partial charge in [-0.15, -0.1) is 0 Å². The average molecular weight is 298 g/mol. The van der Waals surface area contributed by atoms with E-state index in [1.54, 1.807) is 12.1 Å². The zero-order valence-electron chi connectivity index (χ0n) is 10.1. The summed E-state index contributed by atoms with van der Waals surface area (Å²) in [5, 5.41) is 8.19. The van der Waals surface area contributed by atoms with Crippen LogP contribution in [0.5, 0.6) is 0 Å². The van der Waals surface area contributed by atoms with E-state index in [0.29, 0.717) is 15.9 Å². The molecule has 1 unspecified atom stereocenters. The van der Waals surface area contributed by atoms with Crippen molar-refractivity contribution in [2.75, 3.05) is 12.3 Å². The summed E-state index contributed by atoms with van der Waals surface area (Å²) in [7, 11) is 0. The molecule has 0 saturated carbocycles. The van der Waals surface area contributed by atoms with Crippen molar-refractivity contribution in [2.45, 2.75) is 18.9 Å². The third-order valence-corrected chi connectivity index (χ3v) is 3.82. The molecule has 1 aromatic heterocycles. The Balaban J connectivity index is 2.10. The summed E-state index contributed by atoms with van der Waals surface area (Å²) in [6, 6.07) is 5.34. The number of aromatic nitrogens is 2. The summed E-state index contributed by atoms with van der Waals surface area (Å²) in [5.74, 6) is 0.426. The number of benzene rings is 1. The van der Waals surface area contributed by atoms with Gasteiger partial charge in [-0.25, -0.2) is 0 Å². The molecule has 1 atom stereocenters. The number of nitrogens with two attached hydrogens (primary N) is 1. The molecule has 1 aromatic carbocycles. The quantitative estimate of drug-likeness (QED) is 0.886. The number of H-pyrrole nitrogens is 1. The molecule has 4 nitrogen and oxygen atoms in total. The Morgan fingerprint density at radius 2 is 2.21 bits per heavy atom. The summed E-state index contributed by atoms with van der Waals surface area (Å²) in [4.78, 5) is 0. The molecule has 0 radical (unpaired) electrons. The number of ether oxygens (including phenoxy) is 1. The van der Waals surface area contributed by atoms with E-state index in [4.69, 9.17) is 33.7 Å². The number of nitrogens with one attached hydrogen (secondary N) is 1. The molecule has 2 aromatic rings. The van der Waals surface area contributed by atoms with Crippen molar-refractivity contribution in [2.24, 2.45) is 0 Å². The van der Waals surface area contributed by atoms with Crippen LogP contribution >= 0.6 is 23.2 Å². The average Bonchev–Trinajstić information content (AvgIpc) is 2.99. The summed E-state index contributed by atoms with van der Waals surface area (Å²) >= 11 is 12.2. The molecule has 1 aliphatic heterocycles. The standard InChI is InChI=1S/C13H13Cl2N3O/c14-7-3-4-8(9(15)6-7)11-12(17-18-13(11)16)10-2-1-5-19-10/h3-4,6,10H,1-2,5H2,(H3,16,17,18). The Morgan fingerprint density at radius 3 is 2.89 bits per heavy atom. The summed E-state index contributed by atoms with van der Waals surface area (Å²) in [6.07, 6.45) is 2.00. The molecular weight excluding hydrogens is 285 g/mol. The van der Waals surface area contributed by atoms with Gasteiger partial charge in [-0.05, 0) is 25.0 Å². The van der Waals surface area contributed by atoms with Gasteiger partial charge in [0.05, 0.1) is 22.4 Å². The van der Waals surface area contributed by atoms with E-state index in [-0.39, 0.29) is 6.10 Å². The highest BCUT2D eigenvalue weighted by molar-refractivity contribution is 6.36. The van der Waals surface area contributed by atoms with Crippen molar-refractivity contribution in [3.05, 3.63) is 33.9 Å². The van der Waals surface area contributed by atoms with Gasteiger partial charge in [0, 0.05) is 17.2 Å². The van der Waals surface area contributed by atoms with Crippen LogP contribution in [-0.4, -0.2) is 16.8 Å². The molecule has 2 heterocycles. The lowest BCUT2D eigenvalue weighted by molar-refractivity contribution is 0.109. The number of rotatable bonds is 2. The van der Waals surface area contributed by atoms with Gasteiger partial charge in [0.15, 0.2) is 5.82 Å². The SMILES string of the molecule is Nc1n[nH]c(C2CCCO2)c1-c1ccc(Cl)cc1Cl. The number of anilines is 1. The van der Waals surface area contributed by atoms with Crippen molar-refractivity contribution in [3.8, 4) is 11.1 Å². The molecule has 6 heteroatoms. The van der Waals surface area contributed by atoms with E-state index < -0.39 is 0 Å². The van der Waals surface area contributed by atoms with Gasteiger partial charge in [-0.2, -0.15) is 5.10 Å². The molecule has 1 aliphatic rings. The first kappa shape index (κ1) is 12.8. The monoisotopic (exact) mass is 297 g/mol. The van der Waals surface area contributed by atoms with Crippen LogP contribution in [0.3, 0.4) is 0 Å². The molecule has 0 spiro atoms. The largest absolute Gasteiger partial charge is 0.382 e. The molecule has 1 saturated heterocycles. The Bertz CT molecular complexity index is 606. The highest BCUT2D eigenvalue weighted by Gasteiger charge is 2.26. The molecule has 0 aliphatic carbocycles. The van der Waals surface area contributed by atoms with Gasteiger partial charge in [0.1, 0.15) is 0 Å². The van der Waals surface area contributed by atoms with Gasteiger partial charge in [0.2, 0.25) is 0 Å². The van der Waals surface area contributed by atoms with E-state index in [9.17, 15) is 0 Å². The number of nitrogen functional groups attached to an aromatic ring is 1. The minimum absolute atomic E-state index is 0.00606. The lowest BCUT2D eigenvalue weighted by Crippen LogP contribution is -1.99. The first-order chi connectivity index (χ1) is 9.16. The molecule has 19 heavy (non-hydrogen) atoms. The van der Waals surface area contributed by atoms with Crippen LogP contribution in [0, 0.1) is 0 Å². The van der Waals surface area contributed by atoms with Gasteiger partial charge in [-0.1, -0.05) is 29.3 Å². The third-order valence-electron chi connectivity index (χ3n) is 3.27. The van der Waals surface area contributed by atoms with Gasteiger partial charge in [-0.3, -0.25) is 5.10 Å². The summed E-state index contributed by atoms with van der Waals surface area (Å²) in [6.45, 7) is 0.761. The molecular formula is C13H13Cl2N3O. The Hall–Kier alpha value is -1.23. The number of hydrogen-bond donors (Lipinski definition) is 2. The van der Waals surface area contributed by atoms with Crippen molar-refractivity contribution in [1.29, 1.82) is 0 Å². The number of hydrogen-bond acceptors (Lipinski definition) is 3. The summed E-state index contributed by atoms with van der Waals surface area (Å²) < 4.78 is 5.68. The minimum atomic E-state index is 0.00606. The van der Waals surface area contributed by atoms with E-state index in [1.165, 1.54) is 0 Å². The van der Waals surface area contributed by atoms with Crippen LogP contribution in [-0.2, 0) is 4.74 Å². The molecule has 3 rings (SSSR count). The van der Waals surface area contributed by atoms with Crippen molar-refractivity contribution in [1.82, 2.24) is 10.2 Å². The minimum Gasteiger partial charge on any atom is -0.382 e. The first-order valence-electron chi connectivity index (χ1n) is 6.07. The molecule has 100 valence electrons. The van der Waals surface area contributed by atoms with Crippen molar-refractivity contribution >= 4 is 29.0 Å². The van der Waals surface area contributed by atoms with E-state index in [2.05, 4.69) is 10.2 Å². The fourth-order valence-electron chi connectivity index (χ4n) is 2.38. The first-order valence-corrected chi connectivity index (χ1v) is 6.83. The van der Waals surface area contributed by atoms with Crippen LogP contribution in [0.2, 0.25) is 10.0 Å². The second-order valence-corrected chi connectivity index (χ2v) is 5.37. The maximum absolute atomic E-state index is 6.25. The highest BCUT2D eigenvalue weighted by atomic mass is 35.5. The van der Waals surface area contributed by atoms with Crippen LogP contribution in [0.25, 0.3) is 11.1 Å². The van der Waals surface area contributed by atoms with E-state index in [1.807, 2.05) is 6.07 Å². The highest BCUT2D eigenvalue weighted by Crippen LogP contribution is 2.40. The van der Waals surface area contributed by atoms with Gasteiger partial charge < -0.3 is 10.5 Å². The van der Waals surface area contributed by atoms with Crippen LogP contribution in [0.1, 0.15) is 24.6 Å². The molecule has 0 bridgehead atoms. The smallest absolute Gasteiger partial charge is 0.153 e. The number of halogens is 2. The Labute approximate surface area is 120 Å². The normalized spacial score (nSPS) is 18.9. The Morgan fingerprint density at radius 1 is 1.37 bits per heavy atom. The second kappa shape index (κ2) is 5.04. The van der Waals surface area contributed by atoms with Crippen LogP contribution < -0.4 is 5.73 Å². The second-order valence-electron chi connectivity index (χ2n) is 4.52. The lowest BCUT2D eigenvalue weighted by atomic mass is 10.0.